The summed E-state index contributed by atoms with van der Waals surface area (Å²) >= 11 is 0. The van der Waals surface area contributed by atoms with E-state index in [2.05, 4.69) is 17.1 Å². The second-order valence-electron chi connectivity index (χ2n) is 6.21. The van der Waals surface area contributed by atoms with Gasteiger partial charge in [-0.05, 0) is 44.5 Å². The highest BCUT2D eigenvalue weighted by molar-refractivity contribution is 5.96. The molecule has 1 N–H and O–H groups in total. The zero-order valence-electron chi connectivity index (χ0n) is 14.4. The fourth-order valence-electron chi connectivity index (χ4n) is 2.92. The van der Waals surface area contributed by atoms with Gasteiger partial charge >= 0.3 is 0 Å². The van der Waals surface area contributed by atoms with Crippen LogP contribution in [0.4, 0.5) is 0 Å². The molecule has 4 heteroatoms. The number of carbonyl (C=O) groups is 1. The number of amides is 1. The molecule has 0 radical (unpaired) electrons. The van der Waals surface area contributed by atoms with Gasteiger partial charge in [0.05, 0.1) is 12.2 Å². The van der Waals surface area contributed by atoms with E-state index >= 15 is 0 Å². The fraction of sp³-hybridized carbons (Fsp3) is 0.632. The highest BCUT2D eigenvalue weighted by Gasteiger charge is 2.14. The molecule has 0 atom stereocenters. The quantitative estimate of drug-likeness (QED) is 0.672. The summed E-state index contributed by atoms with van der Waals surface area (Å²) in [5.74, 6) is 0.663. The van der Waals surface area contributed by atoms with Gasteiger partial charge in [0.15, 0.2) is 0 Å². The summed E-state index contributed by atoms with van der Waals surface area (Å²) in [5, 5.41) is 3.02. The zero-order valence-corrected chi connectivity index (χ0v) is 14.4. The molecule has 0 unspecified atom stereocenters. The average molecular weight is 318 g/mol. The van der Waals surface area contributed by atoms with E-state index in [-0.39, 0.29) is 5.91 Å². The number of nitrogens with one attached hydrogen (secondary N) is 1. The molecule has 1 aromatic rings. The summed E-state index contributed by atoms with van der Waals surface area (Å²) in [4.78, 5) is 14.8. The predicted molar refractivity (Wildman–Crippen MR) is 94.1 cm³/mol. The Labute approximate surface area is 140 Å². The first kappa shape index (κ1) is 17.8. The lowest BCUT2D eigenvalue weighted by Gasteiger charge is -2.15. The molecule has 4 nitrogen and oxygen atoms in total. The molecule has 1 heterocycles. The number of para-hydroxylation sites is 1. The highest BCUT2D eigenvalue weighted by atomic mass is 16.5. The van der Waals surface area contributed by atoms with Crippen molar-refractivity contribution in [1.82, 2.24) is 10.2 Å². The van der Waals surface area contributed by atoms with Gasteiger partial charge in [-0.25, -0.2) is 0 Å². The third-order valence-electron chi connectivity index (χ3n) is 4.30. The van der Waals surface area contributed by atoms with Crippen molar-refractivity contribution >= 4 is 5.91 Å². The summed E-state index contributed by atoms with van der Waals surface area (Å²) < 4.78 is 5.81. The van der Waals surface area contributed by atoms with Crippen molar-refractivity contribution in [2.75, 3.05) is 32.8 Å². The van der Waals surface area contributed by atoms with Gasteiger partial charge in [0.2, 0.25) is 0 Å². The van der Waals surface area contributed by atoms with Crippen molar-refractivity contribution in [2.24, 2.45) is 0 Å². The molecule has 1 aliphatic rings. The number of hydrogen-bond acceptors (Lipinski definition) is 3. The van der Waals surface area contributed by atoms with Crippen LogP contribution < -0.4 is 10.1 Å². The van der Waals surface area contributed by atoms with Crippen LogP contribution in [0.5, 0.6) is 5.75 Å². The Morgan fingerprint density at radius 1 is 1.17 bits per heavy atom. The maximum atomic E-state index is 12.4. The van der Waals surface area contributed by atoms with Gasteiger partial charge in [-0.1, -0.05) is 38.3 Å². The van der Waals surface area contributed by atoms with Gasteiger partial charge in [-0.3, -0.25) is 4.79 Å². The molecule has 23 heavy (non-hydrogen) atoms. The highest BCUT2D eigenvalue weighted by Crippen LogP contribution is 2.18. The normalized spacial score (nSPS) is 14.8. The third-order valence-corrected chi connectivity index (χ3v) is 4.30. The van der Waals surface area contributed by atoms with E-state index in [0.29, 0.717) is 24.5 Å². The number of hydrogen-bond donors (Lipinski definition) is 1. The molecule has 1 aromatic carbocycles. The van der Waals surface area contributed by atoms with Crippen LogP contribution in [0.1, 0.15) is 55.8 Å². The number of ether oxygens (including phenoxy) is 1. The number of likely N-dealkylation sites (tertiary alicyclic amines) is 1. The maximum absolute atomic E-state index is 12.4. The van der Waals surface area contributed by atoms with E-state index < -0.39 is 0 Å². The monoisotopic (exact) mass is 318 g/mol. The SMILES string of the molecule is CCCCCCOc1ccccc1C(=O)NCCN1CCCC1. The summed E-state index contributed by atoms with van der Waals surface area (Å²) in [6, 6.07) is 7.53. The zero-order chi connectivity index (χ0) is 16.3. The summed E-state index contributed by atoms with van der Waals surface area (Å²) in [7, 11) is 0. The minimum absolute atomic E-state index is 0.0339. The van der Waals surface area contributed by atoms with Crippen molar-refractivity contribution in [3.8, 4) is 5.75 Å². The summed E-state index contributed by atoms with van der Waals surface area (Å²) in [5.41, 5.74) is 0.643. The van der Waals surface area contributed by atoms with Gasteiger partial charge in [0.1, 0.15) is 5.75 Å². The van der Waals surface area contributed by atoms with Crippen molar-refractivity contribution in [2.45, 2.75) is 45.4 Å². The van der Waals surface area contributed by atoms with Crippen LogP contribution in [0.25, 0.3) is 0 Å². The van der Waals surface area contributed by atoms with Crippen molar-refractivity contribution in [3.63, 3.8) is 0 Å². The standard InChI is InChI=1S/C19H30N2O2/c1-2-3-4-9-16-23-18-11-6-5-10-17(18)19(22)20-12-15-21-13-7-8-14-21/h5-6,10-11H,2-4,7-9,12-16H2,1H3,(H,20,22). The molecule has 0 spiro atoms. The molecule has 0 bridgehead atoms. The van der Waals surface area contributed by atoms with E-state index in [4.69, 9.17) is 4.74 Å². The Morgan fingerprint density at radius 2 is 1.96 bits per heavy atom. The van der Waals surface area contributed by atoms with Gasteiger partial charge in [-0.15, -0.1) is 0 Å². The lowest BCUT2D eigenvalue weighted by molar-refractivity contribution is 0.0945. The molecule has 0 aliphatic carbocycles. The van der Waals surface area contributed by atoms with Crippen LogP contribution in [0.3, 0.4) is 0 Å². The number of unbranched alkanes of at least 4 members (excludes halogenated alkanes) is 3. The second-order valence-corrected chi connectivity index (χ2v) is 6.21. The van der Waals surface area contributed by atoms with Crippen LogP contribution in [-0.2, 0) is 0 Å². The molecule has 1 amide bonds. The van der Waals surface area contributed by atoms with Gasteiger partial charge < -0.3 is 15.0 Å². The van der Waals surface area contributed by atoms with Crippen molar-refractivity contribution < 1.29 is 9.53 Å². The first-order valence-electron chi connectivity index (χ1n) is 9.03. The fourth-order valence-corrected chi connectivity index (χ4v) is 2.92. The molecule has 1 fully saturated rings. The molecule has 2 rings (SSSR count). The van der Waals surface area contributed by atoms with Crippen LogP contribution in [0.2, 0.25) is 0 Å². The second kappa shape index (κ2) is 10.3. The van der Waals surface area contributed by atoms with E-state index in [1.807, 2.05) is 24.3 Å². The van der Waals surface area contributed by atoms with Crippen LogP contribution in [0.15, 0.2) is 24.3 Å². The number of carbonyl (C=O) groups excluding carboxylic acids is 1. The molecular weight excluding hydrogens is 288 g/mol. The number of benzene rings is 1. The number of rotatable bonds is 10. The minimum atomic E-state index is -0.0339. The Hall–Kier alpha value is -1.55. The van der Waals surface area contributed by atoms with E-state index in [1.54, 1.807) is 0 Å². The molecule has 0 saturated carbocycles. The van der Waals surface area contributed by atoms with Crippen molar-refractivity contribution in [3.05, 3.63) is 29.8 Å². The lowest BCUT2D eigenvalue weighted by atomic mass is 10.2. The Bertz CT molecular complexity index is 470. The maximum Gasteiger partial charge on any atom is 0.255 e. The largest absolute Gasteiger partial charge is 0.493 e. The molecule has 128 valence electrons. The Morgan fingerprint density at radius 3 is 2.74 bits per heavy atom. The minimum Gasteiger partial charge on any atom is -0.493 e. The molecule has 1 aliphatic heterocycles. The summed E-state index contributed by atoms with van der Waals surface area (Å²) in [6.45, 7) is 6.83. The first-order chi connectivity index (χ1) is 11.3. The Kier molecular flexibility index (Phi) is 7.95. The Balaban J connectivity index is 1.76. The van der Waals surface area contributed by atoms with Crippen LogP contribution in [-0.4, -0.2) is 43.6 Å². The van der Waals surface area contributed by atoms with E-state index in [9.17, 15) is 4.79 Å². The smallest absolute Gasteiger partial charge is 0.255 e. The molecule has 0 aromatic heterocycles. The summed E-state index contributed by atoms with van der Waals surface area (Å²) in [6.07, 6.45) is 7.24. The molecule has 1 saturated heterocycles. The topological polar surface area (TPSA) is 41.6 Å². The van der Waals surface area contributed by atoms with Gasteiger partial charge in [-0.2, -0.15) is 0 Å². The molecular formula is C19H30N2O2. The van der Waals surface area contributed by atoms with E-state index in [1.165, 1.54) is 32.1 Å². The average Bonchev–Trinajstić information content (AvgIpc) is 3.08. The predicted octanol–water partition coefficient (Wildman–Crippen LogP) is 3.47. The van der Waals surface area contributed by atoms with Crippen molar-refractivity contribution in [1.29, 1.82) is 0 Å². The first-order valence-corrected chi connectivity index (χ1v) is 9.03. The van der Waals surface area contributed by atoms with Gasteiger partial charge in [0, 0.05) is 13.1 Å². The van der Waals surface area contributed by atoms with E-state index in [0.717, 1.165) is 26.1 Å². The van der Waals surface area contributed by atoms with Crippen LogP contribution in [0, 0.1) is 0 Å². The lowest BCUT2D eigenvalue weighted by Crippen LogP contribution is -2.33. The third kappa shape index (κ3) is 6.22. The number of nitrogens with zero attached hydrogens (tertiary/aromatic N) is 1. The van der Waals surface area contributed by atoms with Crippen LogP contribution >= 0.6 is 0 Å². The van der Waals surface area contributed by atoms with Gasteiger partial charge in [0.25, 0.3) is 5.91 Å².